The third-order valence-corrected chi connectivity index (χ3v) is 6.14. The van der Waals surface area contributed by atoms with Gasteiger partial charge in [-0.1, -0.05) is 54.6 Å². The third-order valence-electron chi connectivity index (χ3n) is 2.82. The lowest BCUT2D eigenvalue weighted by atomic mass is 10.4. The zero-order chi connectivity index (χ0) is 18.6. The maximum atomic E-state index is 8.86. The van der Waals surface area contributed by atoms with Crippen LogP contribution in [0.2, 0.25) is 0 Å². The van der Waals surface area contributed by atoms with Crippen LogP contribution in [0.25, 0.3) is 0 Å². The van der Waals surface area contributed by atoms with Gasteiger partial charge in [-0.05, 0) is 0 Å². The van der Waals surface area contributed by atoms with Crippen molar-refractivity contribution in [1.29, 1.82) is 0 Å². The predicted molar refractivity (Wildman–Crippen MR) is 89.0 cm³/mol. The van der Waals surface area contributed by atoms with Gasteiger partial charge in [0, 0.05) is 15.6 Å². The first-order chi connectivity index (χ1) is 10.8. The summed E-state index contributed by atoms with van der Waals surface area (Å²) in [6.07, 6.45) is 0. The molecule has 24 heavy (non-hydrogen) atoms. The first kappa shape index (κ1) is 20.8. The Hall–Kier alpha value is -1.27. The highest BCUT2D eigenvalue weighted by molar-refractivity contribution is 6.73. The molecule has 2 aromatic rings. The van der Waals surface area contributed by atoms with E-state index in [0.29, 0.717) is 0 Å². The van der Waals surface area contributed by atoms with E-state index in [0.717, 1.165) is 24.3 Å². The highest BCUT2D eigenvalue weighted by atomic mass is 28.4. The molecule has 132 valence electrons. The van der Waals surface area contributed by atoms with Crippen molar-refractivity contribution in [2.75, 3.05) is 0 Å². The monoisotopic (exact) mass is 390 g/mol. The Kier molecular flexibility index (Phi) is 6.70. The summed E-state index contributed by atoms with van der Waals surface area (Å²) in [4.78, 5) is 79.4. The van der Waals surface area contributed by atoms with Crippen LogP contribution in [-0.2, 0) is 0 Å². The molecule has 0 aliphatic rings. The summed E-state index contributed by atoms with van der Waals surface area (Å²) < 4.78 is 0. The van der Waals surface area contributed by atoms with E-state index in [9.17, 15) is 0 Å². The number of hydrogen-bond acceptors (Lipinski definition) is 9. The summed E-state index contributed by atoms with van der Waals surface area (Å²) in [5.74, 6) is 0. The van der Waals surface area contributed by atoms with Gasteiger partial charge in [0.1, 0.15) is 0 Å². The van der Waals surface area contributed by atoms with E-state index >= 15 is 0 Å². The van der Waals surface area contributed by atoms with E-state index in [4.69, 9.17) is 43.2 Å². The Balaban J connectivity index is 0.000000254. The zero-order valence-electron chi connectivity index (χ0n) is 12.2. The SMILES string of the molecule is O[Si](O)(O)c1ccc([Si](O)(O)O)cc1.O[Si](O)(O)c1ccccc1. The van der Waals surface area contributed by atoms with Gasteiger partial charge in [0.2, 0.25) is 0 Å². The summed E-state index contributed by atoms with van der Waals surface area (Å²) in [5.41, 5.74) is 0. The molecule has 0 spiro atoms. The summed E-state index contributed by atoms with van der Waals surface area (Å²) in [5, 5.41) is 0.00833. The second-order valence-electron chi connectivity index (χ2n) is 4.85. The average Bonchev–Trinajstić information content (AvgIpc) is 2.46. The van der Waals surface area contributed by atoms with Crippen molar-refractivity contribution in [3.8, 4) is 0 Å². The minimum atomic E-state index is -4.34. The fraction of sp³-hybridized carbons (Fsp3) is 0. The fourth-order valence-corrected chi connectivity index (χ4v) is 3.45. The Morgan fingerprint density at radius 2 is 0.625 bits per heavy atom. The zero-order valence-corrected chi connectivity index (χ0v) is 15.2. The highest BCUT2D eigenvalue weighted by Crippen LogP contribution is 1.93. The van der Waals surface area contributed by atoms with Gasteiger partial charge in [-0.25, -0.2) is 0 Å². The number of benzene rings is 2. The molecular formula is C12H18O9Si3. The topological polar surface area (TPSA) is 182 Å². The first-order valence-corrected chi connectivity index (χ1v) is 12.0. The largest absolute Gasteiger partial charge is 0.528 e. The van der Waals surface area contributed by atoms with E-state index in [1.807, 2.05) is 0 Å². The normalized spacial score (nSPS) is 12.4. The maximum absolute atomic E-state index is 8.86. The summed E-state index contributed by atoms with van der Waals surface area (Å²) >= 11 is 0. The highest BCUT2D eigenvalue weighted by Gasteiger charge is 2.33. The smallest absolute Gasteiger partial charge is 0.386 e. The van der Waals surface area contributed by atoms with Crippen LogP contribution in [-0.4, -0.2) is 69.6 Å². The molecule has 0 fully saturated rings. The van der Waals surface area contributed by atoms with Gasteiger partial charge in [0.25, 0.3) is 0 Å². The van der Waals surface area contributed by atoms with Crippen LogP contribution < -0.4 is 15.6 Å². The van der Waals surface area contributed by atoms with Crippen molar-refractivity contribution in [1.82, 2.24) is 0 Å². The van der Waals surface area contributed by atoms with Gasteiger partial charge in [-0.2, -0.15) is 0 Å². The average molecular weight is 391 g/mol. The molecule has 0 radical (unpaired) electrons. The van der Waals surface area contributed by atoms with Crippen LogP contribution in [0.15, 0.2) is 54.6 Å². The lowest BCUT2D eigenvalue weighted by molar-refractivity contribution is 0.247. The molecule has 0 bridgehead atoms. The van der Waals surface area contributed by atoms with Crippen molar-refractivity contribution >= 4 is 42.0 Å². The minimum Gasteiger partial charge on any atom is -0.386 e. The van der Waals surface area contributed by atoms with Gasteiger partial charge < -0.3 is 43.2 Å². The fourth-order valence-electron chi connectivity index (χ4n) is 1.58. The summed E-state index contributed by atoms with van der Waals surface area (Å²) in [6, 6.07) is 12.4. The van der Waals surface area contributed by atoms with Gasteiger partial charge in [0.15, 0.2) is 0 Å². The van der Waals surface area contributed by atoms with Crippen LogP contribution in [0.1, 0.15) is 0 Å². The van der Waals surface area contributed by atoms with E-state index < -0.39 is 26.4 Å². The maximum Gasteiger partial charge on any atom is 0.528 e. The molecule has 2 aromatic carbocycles. The second kappa shape index (κ2) is 7.74. The molecular weight excluding hydrogens is 372 g/mol. The molecule has 0 saturated carbocycles. The second-order valence-corrected chi connectivity index (χ2v) is 10.4. The lowest BCUT2D eigenvalue weighted by Crippen LogP contribution is -2.52. The molecule has 0 unspecified atom stereocenters. The quantitative estimate of drug-likeness (QED) is 0.231. The molecule has 0 saturated heterocycles. The molecule has 9 N–H and O–H groups in total. The Morgan fingerprint density at radius 1 is 0.375 bits per heavy atom. The van der Waals surface area contributed by atoms with Gasteiger partial charge >= 0.3 is 26.4 Å². The van der Waals surface area contributed by atoms with Crippen LogP contribution in [0, 0.1) is 0 Å². The molecule has 0 heterocycles. The molecule has 0 amide bonds. The molecule has 0 aliphatic heterocycles. The molecule has 0 atom stereocenters. The van der Waals surface area contributed by atoms with E-state index in [1.54, 1.807) is 18.2 Å². The van der Waals surface area contributed by atoms with Crippen molar-refractivity contribution in [3.05, 3.63) is 54.6 Å². The minimum absolute atomic E-state index is 0.0977. The number of rotatable bonds is 3. The van der Waals surface area contributed by atoms with Gasteiger partial charge in [-0.3, -0.25) is 0 Å². The Morgan fingerprint density at radius 3 is 0.833 bits per heavy atom. The van der Waals surface area contributed by atoms with Crippen LogP contribution in [0.4, 0.5) is 0 Å². The van der Waals surface area contributed by atoms with Crippen LogP contribution in [0.5, 0.6) is 0 Å². The molecule has 0 aliphatic carbocycles. The number of hydrogen-bond donors (Lipinski definition) is 9. The van der Waals surface area contributed by atoms with E-state index in [2.05, 4.69) is 0 Å². The summed E-state index contributed by atoms with van der Waals surface area (Å²) in [6.45, 7) is 0. The Labute approximate surface area is 140 Å². The van der Waals surface area contributed by atoms with E-state index in [1.165, 1.54) is 12.1 Å². The molecule has 2 rings (SSSR count). The Bertz CT molecular complexity index is 597. The third kappa shape index (κ3) is 6.69. The molecule has 0 aromatic heterocycles. The molecule has 9 nitrogen and oxygen atoms in total. The molecule has 12 heteroatoms. The van der Waals surface area contributed by atoms with Gasteiger partial charge in [-0.15, -0.1) is 0 Å². The van der Waals surface area contributed by atoms with Crippen molar-refractivity contribution in [2.45, 2.75) is 0 Å². The van der Waals surface area contributed by atoms with E-state index in [-0.39, 0.29) is 15.6 Å². The van der Waals surface area contributed by atoms with Gasteiger partial charge in [0.05, 0.1) is 0 Å². The predicted octanol–water partition coefficient (Wildman–Crippen LogP) is -5.26. The van der Waals surface area contributed by atoms with Crippen molar-refractivity contribution in [2.24, 2.45) is 0 Å². The summed E-state index contributed by atoms with van der Waals surface area (Å²) in [7, 11) is -12.7. The first-order valence-electron chi connectivity index (χ1n) is 6.49. The standard InChI is InChI=1S/C6H10O6Si2.C6H8O3Si/c7-13(8,9)5-1-2-6(4-3-5)14(10,11)12;7-10(8,9)6-4-2-1-3-5-6/h1-4,7-12H;1-5,7-9H. The van der Waals surface area contributed by atoms with Crippen LogP contribution >= 0.6 is 0 Å². The lowest BCUT2D eigenvalue weighted by Gasteiger charge is -2.12. The van der Waals surface area contributed by atoms with Crippen molar-refractivity contribution in [3.63, 3.8) is 0 Å². The van der Waals surface area contributed by atoms with Crippen LogP contribution in [0.3, 0.4) is 0 Å². The van der Waals surface area contributed by atoms with Crippen molar-refractivity contribution < 1.29 is 43.2 Å².